The lowest BCUT2D eigenvalue weighted by Gasteiger charge is -2.34. The number of hydrogen-bond donors (Lipinski definition) is 1. The Morgan fingerprint density at radius 3 is 1.32 bits per heavy atom. The van der Waals surface area contributed by atoms with Gasteiger partial charge in [-0.2, -0.15) is 13.2 Å². The first-order chi connectivity index (χ1) is 20.5. The summed E-state index contributed by atoms with van der Waals surface area (Å²) < 4.78 is 36.7. The molecule has 1 unspecified atom stereocenters. The molecule has 2 aliphatic rings. The molecule has 0 bridgehead atoms. The van der Waals surface area contributed by atoms with E-state index < -0.39 is 12.1 Å². The zero-order valence-corrected chi connectivity index (χ0v) is 29.3. The van der Waals surface area contributed by atoms with E-state index in [-0.39, 0.29) is 7.43 Å². The van der Waals surface area contributed by atoms with Crippen LogP contribution in [-0.4, -0.2) is 36.1 Å². The number of rotatable bonds is 5. The third-order valence-electron chi connectivity index (χ3n) is 6.40. The molecule has 2 saturated carbocycles. The summed E-state index contributed by atoms with van der Waals surface area (Å²) in [4.78, 5) is 13.0. The molecule has 2 aromatic carbocycles. The fourth-order valence-corrected chi connectivity index (χ4v) is 3.95. The van der Waals surface area contributed by atoms with Crippen LogP contribution in [0.1, 0.15) is 132 Å². The SMILES string of the molecule is C.CC.CC.CC.CC(C)C.Cc1ccc(C(C)C(F)(F)F)cc1.NCC1CCC(N(C=O)C2CC2)CC1.c1ccccc1. The predicted molar refractivity (Wildman–Crippen MR) is 189 cm³/mol. The first kappa shape index (κ1) is 48.6. The van der Waals surface area contributed by atoms with E-state index in [0.717, 1.165) is 37.3 Å². The average Bonchev–Trinajstić information content (AvgIpc) is 3.87. The first-order valence-corrected chi connectivity index (χ1v) is 16.6. The van der Waals surface area contributed by atoms with Crippen LogP contribution in [0.2, 0.25) is 0 Å². The van der Waals surface area contributed by atoms with E-state index in [1.165, 1.54) is 44.7 Å². The lowest BCUT2D eigenvalue weighted by molar-refractivity contribution is -0.146. The Bertz CT molecular complexity index is 800. The average molecular weight is 627 g/mol. The van der Waals surface area contributed by atoms with Gasteiger partial charge in [0.2, 0.25) is 6.41 Å². The highest BCUT2D eigenvalue weighted by atomic mass is 19.4. The largest absolute Gasteiger partial charge is 0.395 e. The van der Waals surface area contributed by atoms with E-state index in [9.17, 15) is 18.0 Å². The highest BCUT2D eigenvalue weighted by Gasteiger charge is 2.37. The Morgan fingerprint density at radius 2 is 1.07 bits per heavy atom. The maximum atomic E-state index is 12.2. The van der Waals surface area contributed by atoms with Gasteiger partial charge in [0.15, 0.2) is 0 Å². The van der Waals surface area contributed by atoms with Gasteiger partial charge < -0.3 is 10.6 Å². The van der Waals surface area contributed by atoms with Crippen molar-refractivity contribution in [3.8, 4) is 0 Å². The third kappa shape index (κ3) is 25.0. The standard InChI is InChI=1S/C11H20N2O.C10H11F3.C6H6.C4H10.3C2H6.CH4/c12-7-9-1-3-10(4-2-9)13(8-14)11-5-6-11;1-7-3-5-9(6-4-7)8(2)10(11,12)13;1-2-4-6-5-3-1;1-4(2)3;3*1-2;/h8-11H,1-7,12H2;3-6,8H,1-2H3;1-6H;4H,1-3H3;3*1-2H3;1H4. The Kier molecular flexibility index (Phi) is 33.9. The van der Waals surface area contributed by atoms with E-state index in [1.807, 2.05) is 84.9 Å². The van der Waals surface area contributed by atoms with Gasteiger partial charge in [-0.1, -0.05) is 136 Å². The van der Waals surface area contributed by atoms with Crippen molar-refractivity contribution in [2.45, 2.75) is 146 Å². The van der Waals surface area contributed by atoms with Crippen LogP contribution in [0.15, 0.2) is 60.7 Å². The quantitative estimate of drug-likeness (QED) is 0.336. The number of nitrogens with zero attached hydrogens (tertiary/aromatic N) is 1. The fourth-order valence-electron chi connectivity index (χ4n) is 3.95. The number of amides is 1. The molecular formula is C38H69F3N2O. The second-order valence-corrected chi connectivity index (χ2v) is 10.8. The van der Waals surface area contributed by atoms with Crippen molar-refractivity contribution < 1.29 is 18.0 Å². The molecule has 2 aromatic rings. The van der Waals surface area contributed by atoms with Crippen LogP contribution >= 0.6 is 0 Å². The number of halogens is 3. The predicted octanol–water partition coefficient (Wildman–Crippen LogP) is 11.8. The summed E-state index contributed by atoms with van der Waals surface area (Å²) in [5, 5.41) is 0. The normalized spacial score (nSPS) is 16.9. The van der Waals surface area contributed by atoms with Gasteiger partial charge in [0.1, 0.15) is 0 Å². The third-order valence-corrected chi connectivity index (χ3v) is 6.40. The van der Waals surface area contributed by atoms with Crippen molar-refractivity contribution in [2.75, 3.05) is 6.54 Å². The van der Waals surface area contributed by atoms with Gasteiger partial charge in [-0.15, -0.1) is 0 Å². The van der Waals surface area contributed by atoms with Gasteiger partial charge in [0.05, 0.1) is 5.92 Å². The number of aryl methyl sites for hydroxylation is 1. The monoisotopic (exact) mass is 627 g/mol. The maximum Gasteiger partial charge on any atom is 0.395 e. The summed E-state index contributed by atoms with van der Waals surface area (Å²) in [6.45, 7) is 22.3. The Balaban J connectivity index is -0.000000245. The summed E-state index contributed by atoms with van der Waals surface area (Å²) >= 11 is 0. The molecule has 4 rings (SSSR count). The molecule has 0 aliphatic heterocycles. The molecule has 0 saturated heterocycles. The van der Waals surface area contributed by atoms with Crippen LogP contribution in [0.25, 0.3) is 0 Å². The zero-order chi connectivity index (χ0) is 33.8. The molecule has 0 spiro atoms. The van der Waals surface area contributed by atoms with Gasteiger partial charge in [0.25, 0.3) is 0 Å². The first-order valence-electron chi connectivity index (χ1n) is 16.6. The molecule has 2 aliphatic carbocycles. The summed E-state index contributed by atoms with van der Waals surface area (Å²) in [7, 11) is 0. The molecule has 258 valence electrons. The number of alkyl halides is 3. The van der Waals surface area contributed by atoms with Crippen molar-refractivity contribution in [1.29, 1.82) is 0 Å². The maximum absolute atomic E-state index is 12.2. The van der Waals surface area contributed by atoms with Gasteiger partial charge in [0, 0.05) is 12.1 Å². The van der Waals surface area contributed by atoms with Crippen LogP contribution in [0.4, 0.5) is 13.2 Å². The summed E-state index contributed by atoms with van der Waals surface area (Å²) in [6, 6.07) is 19.5. The van der Waals surface area contributed by atoms with Gasteiger partial charge >= 0.3 is 6.18 Å². The molecule has 3 nitrogen and oxygen atoms in total. The van der Waals surface area contributed by atoms with Gasteiger partial charge in [-0.3, -0.25) is 4.79 Å². The van der Waals surface area contributed by atoms with E-state index in [2.05, 4.69) is 25.7 Å². The van der Waals surface area contributed by atoms with E-state index >= 15 is 0 Å². The minimum absolute atomic E-state index is 0. The summed E-state index contributed by atoms with van der Waals surface area (Å²) in [6.07, 6.45) is 4.09. The smallest absolute Gasteiger partial charge is 0.339 e. The second-order valence-electron chi connectivity index (χ2n) is 10.8. The highest BCUT2D eigenvalue weighted by Crippen LogP contribution is 2.34. The Labute approximate surface area is 271 Å². The molecule has 1 amide bonds. The molecule has 6 heteroatoms. The second kappa shape index (κ2) is 30.7. The van der Waals surface area contributed by atoms with E-state index in [0.29, 0.717) is 23.6 Å². The van der Waals surface area contributed by atoms with Crippen molar-refractivity contribution in [3.63, 3.8) is 0 Å². The van der Waals surface area contributed by atoms with Crippen molar-refractivity contribution in [2.24, 2.45) is 17.6 Å². The fraction of sp³-hybridized carbons (Fsp3) is 0.658. The molecule has 0 radical (unpaired) electrons. The molecule has 0 heterocycles. The lowest BCUT2D eigenvalue weighted by Crippen LogP contribution is -2.39. The number of carbonyl (C=O) groups is 1. The summed E-state index contributed by atoms with van der Waals surface area (Å²) in [5.74, 6) is 0.159. The van der Waals surface area contributed by atoms with Crippen molar-refractivity contribution >= 4 is 6.41 Å². The van der Waals surface area contributed by atoms with Crippen molar-refractivity contribution in [3.05, 3.63) is 71.8 Å². The lowest BCUT2D eigenvalue weighted by atomic mass is 9.85. The topological polar surface area (TPSA) is 46.3 Å². The van der Waals surface area contributed by atoms with Crippen LogP contribution in [-0.2, 0) is 4.79 Å². The van der Waals surface area contributed by atoms with Crippen LogP contribution in [0.5, 0.6) is 0 Å². The Morgan fingerprint density at radius 1 is 0.750 bits per heavy atom. The minimum Gasteiger partial charge on any atom is -0.339 e. The number of nitrogens with two attached hydrogens (primary N) is 1. The Hall–Kier alpha value is -2.34. The highest BCUT2D eigenvalue weighted by molar-refractivity contribution is 5.49. The zero-order valence-electron chi connectivity index (χ0n) is 29.3. The van der Waals surface area contributed by atoms with E-state index in [4.69, 9.17) is 5.73 Å². The van der Waals surface area contributed by atoms with Crippen molar-refractivity contribution in [1.82, 2.24) is 4.90 Å². The van der Waals surface area contributed by atoms with Crippen LogP contribution in [0, 0.1) is 18.8 Å². The molecule has 1 atom stereocenters. The summed E-state index contributed by atoms with van der Waals surface area (Å²) in [5.41, 5.74) is 6.93. The van der Waals surface area contributed by atoms with Crippen LogP contribution < -0.4 is 5.73 Å². The van der Waals surface area contributed by atoms with Crippen LogP contribution in [0.3, 0.4) is 0 Å². The number of benzene rings is 2. The molecule has 2 N–H and O–H groups in total. The molecule has 2 fully saturated rings. The molecule has 0 aromatic heterocycles. The van der Waals surface area contributed by atoms with E-state index in [1.54, 1.807) is 12.1 Å². The van der Waals surface area contributed by atoms with Gasteiger partial charge in [-0.05, 0) is 76.3 Å². The molecule has 44 heavy (non-hydrogen) atoms. The minimum atomic E-state index is -4.14. The number of hydrogen-bond acceptors (Lipinski definition) is 2. The number of carbonyl (C=O) groups excluding carboxylic acids is 1. The molecular weight excluding hydrogens is 557 g/mol. The van der Waals surface area contributed by atoms with Gasteiger partial charge in [-0.25, -0.2) is 0 Å².